The van der Waals surface area contributed by atoms with Crippen LogP contribution in [0.3, 0.4) is 0 Å². The van der Waals surface area contributed by atoms with Gasteiger partial charge in [0.2, 0.25) is 0 Å². The van der Waals surface area contributed by atoms with E-state index in [1.54, 1.807) is 19.2 Å². The molecule has 0 aromatic heterocycles. The highest BCUT2D eigenvalue weighted by molar-refractivity contribution is 6.34. The van der Waals surface area contributed by atoms with Crippen LogP contribution >= 0.6 is 23.2 Å². The number of hydrogen-bond donors (Lipinski definition) is 1. The van der Waals surface area contributed by atoms with Gasteiger partial charge in [0.25, 0.3) is 0 Å². The van der Waals surface area contributed by atoms with Crippen LogP contribution in [0.4, 0.5) is 0 Å². The van der Waals surface area contributed by atoms with E-state index < -0.39 is 0 Å². The molecule has 1 unspecified atom stereocenters. The normalized spacial score (nSPS) is 12.6. The van der Waals surface area contributed by atoms with Crippen molar-refractivity contribution in [3.63, 3.8) is 0 Å². The van der Waals surface area contributed by atoms with Crippen molar-refractivity contribution < 1.29 is 9.84 Å². The summed E-state index contributed by atoms with van der Waals surface area (Å²) in [4.78, 5) is 0. The number of rotatable bonds is 4. The van der Waals surface area contributed by atoms with Crippen molar-refractivity contribution in [1.29, 1.82) is 0 Å². The fourth-order valence-corrected chi connectivity index (χ4v) is 2.02. The Kier molecular flexibility index (Phi) is 4.71. The van der Waals surface area contributed by atoms with Gasteiger partial charge in [-0.25, -0.2) is 0 Å². The maximum Gasteiger partial charge on any atom is 0.138 e. The minimum absolute atomic E-state index is 0.0286. The summed E-state index contributed by atoms with van der Waals surface area (Å²) in [7, 11) is 1.54. The summed E-state index contributed by atoms with van der Waals surface area (Å²) in [5.41, 5.74) is 0.868. The lowest BCUT2D eigenvalue weighted by molar-refractivity contribution is 0.262. The first-order valence-electron chi connectivity index (χ1n) is 4.77. The molecule has 15 heavy (non-hydrogen) atoms. The van der Waals surface area contributed by atoms with Gasteiger partial charge >= 0.3 is 0 Å². The summed E-state index contributed by atoms with van der Waals surface area (Å²) in [6.45, 7) is 2.06. The second kappa shape index (κ2) is 5.59. The lowest BCUT2D eigenvalue weighted by Gasteiger charge is -2.15. The molecule has 1 rings (SSSR count). The predicted molar refractivity (Wildman–Crippen MR) is 63.1 cm³/mol. The summed E-state index contributed by atoms with van der Waals surface area (Å²) in [5.74, 6) is 0.583. The molecule has 4 heteroatoms. The van der Waals surface area contributed by atoms with E-state index in [0.717, 1.165) is 12.0 Å². The largest absolute Gasteiger partial charge is 0.495 e. The van der Waals surface area contributed by atoms with Gasteiger partial charge in [0.1, 0.15) is 5.75 Å². The summed E-state index contributed by atoms with van der Waals surface area (Å²) in [5, 5.41) is 10.3. The Hall–Kier alpha value is -0.440. The van der Waals surface area contributed by atoms with Crippen LogP contribution in [-0.2, 0) is 0 Å². The number of ether oxygens (including phenoxy) is 1. The Balaban J connectivity index is 3.14. The number of aliphatic hydroxyl groups is 1. The summed E-state index contributed by atoms with van der Waals surface area (Å²) < 4.78 is 5.05. The Labute approximate surface area is 99.8 Å². The Morgan fingerprint density at radius 1 is 1.33 bits per heavy atom. The summed E-state index contributed by atoms with van der Waals surface area (Å²) >= 11 is 12.1. The van der Waals surface area contributed by atoms with Crippen molar-refractivity contribution in [2.24, 2.45) is 0 Å². The number of halogens is 2. The molecule has 0 saturated heterocycles. The van der Waals surface area contributed by atoms with Crippen LogP contribution in [0.25, 0.3) is 0 Å². The zero-order valence-electron chi connectivity index (χ0n) is 8.76. The average molecular weight is 249 g/mol. The minimum Gasteiger partial charge on any atom is -0.495 e. The quantitative estimate of drug-likeness (QED) is 0.885. The van der Waals surface area contributed by atoms with Gasteiger partial charge in [-0.15, -0.1) is 0 Å². The smallest absolute Gasteiger partial charge is 0.138 e. The first-order chi connectivity index (χ1) is 7.13. The number of benzene rings is 1. The van der Waals surface area contributed by atoms with Crippen LogP contribution < -0.4 is 4.74 Å². The number of aliphatic hydroxyl groups excluding tert-OH is 1. The number of methoxy groups -OCH3 is 1. The molecule has 0 amide bonds. The SMILES string of the molecule is CCC(CO)c1cc(Cl)c(OC)cc1Cl. The third kappa shape index (κ3) is 2.77. The minimum atomic E-state index is 0.0286. The van der Waals surface area contributed by atoms with Crippen molar-refractivity contribution in [1.82, 2.24) is 0 Å². The molecular weight excluding hydrogens is 235 g/mol. The van der Waals surface area contributed by atoms with Crippen LogP contribution in [0.15, 0.2) is 12.1 Å². The molecule has 0 aliphatic carbocycles. The third-order valence-electron chi connectivity index (χ3n) is 2.42. The van der Waals surface area contributed by atoms with Gasteiger partial charge in [-0.2, -0.15) is 0 Å². The van der Waals surface area contributed by atoms with Crippen molar-refractivity contribution in [2.75, 3.05) is 13.7 Å². The molecule has 0 saturated carbocycles. The van der Waals surface area contributed by atoms with Crippen LogP contribution in [0.1, 0.15) is 24.8 Å². The number of hydrogen-bond acceptors (Lipinski definition) is 2. The topological polar surface area (TPSA) is 29.5 Å². The summed E-state index contributed by atoms with van der Waals surface area (Å²) in [6.07, 6.45) is 0.818. The molecule has 2 nitrogen and oxygen atoms in total. The molecule has 84 valence electrons. The molecule has 1 atom stereocenters. The maximum absolute atomic E-state index is 9.19. The molecule has 0 spiro atoms. The third-order valence-corrected chi connectivity index (χ3v) is 3.05. The summed E-state index contributed by atoms with van der Waals surface area (Å²) in [6, 6.07) is 3.44. The molecule has 0 aliphatic heterocycles. The van der Waals surface area contributed by atoms with E-state index in [9.17, 15) is 5.11 Å². The van der Waals surface area contributed by atoms with E-state index in [1.807, 2.05) is 6.92 Å². The zero-order chi connectivity index (χ0) is 11.4. The van der Waals surface area contributed by atoms with Gasteiger partial charge in [0.05, 0.1) is 12.1 Å². The molecular formula is C11H14Cl2O2. The fourth-order valence-electron chi connectivity index (χ4n) is 1.46. The zero-order valence-corrected chi connectivity index (χ0v) is 10.3. The van der Waals surface area contributed by atoms with E-state index in [2.05, 4.69) is 0 Å². The molecule has 0 heterocycles. The molecule has 1 N–H and O–H groups in total. The van der Waals surface area contributed by atoms with E-state index >= 15 is 0 Å². The lowest BCUT2D eigenvalue weighted by Crippen LogP contribution is -2.03. The van der Waals surface area contributed by atoms with Crippen molar-refractivity contribution >= 4 is 23.2 Å². The molecule has 0 fully saturated rings. The molecule has 1 aromatic carbocycles. The van der Waals surface area contributed by atoms with Gasteiger partial charge < -0.3 is 9.84 Å². The first-order valence-corrected chi connectivity index (χ1v) is 5.53. The maximum atomic E-state index is 9.19. The fraction of sp³-hybridized carbons (Fsp3) is 0.455. The van der Waals surface area contributed by atoms with Crippen molar-refractivity contribution in [3.8, 4) is 5.75 Å². The Morgan fingerprint density at radius 3 is 2.47 bits per heavy atom. The lowest BCUT2D eigenvalue weighted by atomic mass is 9.97. The van der Waals surface area contributed by atoms with Gasteiger partial charge in [-0.3, -0.25) is 0 Å². The molecule has 0 bridgehead atoms. The van der Waals surface area contributed by atoms with Gasteiger partial charge in [0, 0.05) is 23.6 Å². The van der Waals surface area contributed by atoms with E-state index in [1.165, 1.54) is 0 Å². The predicted octanol–water partition coefficient (Wildman–Crippen LogP) is 3.49. The average Bonchev–Trinajstić information content (AvgIpc) is 2.24. The van der Waals surface area contributed by atoms with Crippen LogP contribution in [-0.4, -0.2) is 18.8 Å². The second-order valence-electron chi connectivity index (χ2n) is 3.30. The van der Waals surface area contributed by atoms with Gasteiger partial charge in [-0.1, -0.05) is 30.1 Å². The Bertz CT molecular complexity index is 336. The van der Waals surface area contributed by atoms with E-state index in [4.69, 9.17) is 27.9 Å². The molecule has 0 radical (unpaired) electrons. The van der Waals surface area contributed by atoms with Crippen molar-refractivity contribution in [3.05, 3.63) is 27.7 Å². The van der Waals surface area contributed by atoms with Crippen LogP contribution in [0.2, 0.25) is 10.0 Å². The van der Waals surface area contributed by atoms with Crippen LogP contribution in [0, 0.1) is 0 Å². The Morgan fingerprint density at radius 2 is 2.00 bits per heavy atom. The van der Waals surface area contributed by atoms with Crippen molar-refractivity contribution in [2.45, 2.75) is 19.3 Å². The molecule has 0 aliphatic rings. The van der Waals surface area contributed by atoms with Gasteiger partial charge in [-0.05, 0) is 18.1 Å². The monoisotopic (exact) mass is 248 g/mol. The highest BCUT2D eigenvalue weighted by atomic mass is 35.5. The van der Waals surface area contributed by atoms with Gasteiger partial charge in [0.15, 0.2) is 0 Å². The van der Waals surface area contributed by atoms with E-state index in [0.29, 0.717) is 15.8 Å². The molecule has 1 aromatic rings. The standard InChI is InChI=1S/C11H14Cl2O2/c1-3-7(6-14)8-4-10(13)11(15-2)5-9(8)12/h4-5,7,14H,3,6H2,1-2H3. The second-order valence-corrected chi connectivity index (χ2v) is 4.11. The highest BCUT2D eigenvalue weighted by Gasteiger charge is 2.15. The van der Waals surface area contributed by atoms with E-state index in [-0.39, 0.29) is 12.5 Å². The highest BCUT2D eigenvalue weighted by Crippen LogP contribution is 2.35. The van der Waals surface area contributed by atoms with Crippen LogP contribution in [0.5, 0.6) is 5.75 Å². The first kappa shape index (κ1) is 12.6.